The zero-order chi connectivity index (χ0) is 8.10. The smallest absolute Gasteiger partial charge is 0.216 e. The van der Waals surface area contributed by atoms with E-state index in [1.54, 1.807) is 6.92 Å². The second-order valence-electron chi connectivity index (χ2n) is 2.93. The fourth-order valence-electron chi connectivity index (χ4n) is 1.23. The van der Waals surface area contributed by atoms with E-state index in [9.17, 15) is 4.79 Å². The van der Waals surface area contributed by atoms with Gasteiger partial charge >= 0.3 is 0 Å². The molecular weight excluding hydrogens is 158 g/mol. The van der Waals surface area contributed by atoms with Gasteiger partial charge < -0.3 is 5.32 Å². The van der Waals surface area contributed by atoms with Gasteiger partial charge in [0.2, 0.25) is 5.91 Å². The third-order valence-corrected chi connectivity index (χ3v) is 3.25. The zero-order valence-corrected chi connectivity index (χ0v) is 7.75. The molecule has 1 rings (SSSR count). The molecule has 1 aliphatic rings. The Kier molecular flexibility index (Phi) is 3.77. The van der Waals surface area contributed by atoms with Crippen molar-refractivity contribution in [3.05, 3.63) is 0 Å². The summed E-state index contributed by atoms with van der Waals surface area (Å²) < 4.78 is 0. The first-order chi connectivity index (χ1) is 5.29. The Bertz CT molecular complexity index is 132. The highest BCUT2D eigenvalue weighted by atomic mass is 32.2. The Morgan fingerprint density at radius 2 is 2.45 bits per heavy atom. The lowest BCUT2D eigenvalue weighted by atomic mass is 10.2. The third kappa shape index (κ3) is 3.65. The van der Waals surface area contributed by atoms with Crippen molar-refractivity contribution in [2.45, 2.75) is 31.4 Å². The number of rotatable bonds is 2. The molecular formula is C8H15NOS. The quantitative estimate of drug-likeness (QED) is 0.684. The molecule has 0 radical (unpaired) electrons. The molecule has 0 aliphatic carbocycles. The minimum absolute atomic E-state index is 0.0937. The van der Waals surface area contributed by atoms with Gasteiger partial charge in [-0.2, -0.15) is 11.8 Å². The number of thioether (sulfide) groups is 1. The molecule has 11 heavy (non-hydrogen) atoms. The highest BCUT2D eigenvalue weighted by Gasteiger charge is 2.13. The third-order valence-electron chi connectivity index (χ3n) is 1.85. The lowest BCUT2D eigenvalue weighted by Gasteiger charge is -2.20. The van der Waals surface area contributed by atoms with Crippen LogP contribution in [0.2, 0.25) is 0 Å². The molecule has 3 heteroatoms. The van der Waals surface area contributed by atoms with Crippen LogP contribution < -0.4 is 5.32 Å². The Morgan fingerprint density at radius 3 is 3.00 bits per heavy atom. The molecule has 0 aromatic heterocycles. The van der Waals surface area contributed by atoms with Crippen LogP contribution in [-0.2, 0) is 4.79 Å². The Morgan fingerprint density at radius 1 is 1.64 bits per heavy atom. The maximum atomic E-state index is 10.6. The number of hydrogen-bond donors (Lipinski definition) is 1. The van der Waals surface area contributed by atoms with Gasteiger partial charge in [0.25, 0.3) is 0 Å². The van der Waals surface area contributed by atoms with E-state index < -0.39 is 0 Å². The van der Waals surface area contributed by atoms with Crippen LogP contribution in [0.25, 0.3) is 0 Å². The van der Waals surface area contributed by atoms with Crippen molar-refractivity contribution >= 4 is 17.7 Å². The van der Waals surface area contributed by atoms with Gasteiger partial charge in [0.15, 0.2) is 0 Å². The highest BCUT2D eigenvalue weighted by Crippen LogP contribution is 2.23. The molecule has 0 spiro atoms. The van der Waals surface area contributed by atoms with Crippen LogP contribution >= 0.6 is 11.8 Å². The average molecular weight is 173 g/mol. The molecule has 2 nitrogen and oxygen atoms in total. The van der Waals surface area contributed by atoms with Crippen molar-refractivity contribution < 1.29 is 4.79 Å². The van der Waals surface area contributed by atoms with E-state index >= 15 is 0 Å². The molecule has 1 amide bonds. The molecule has 1 fully saturated rings. The molecule has 1 atom stereocenters. The lowest BCUT2D eigenvalue weighted by Crippen LogP contribution is -2.29. The minimum Gasteiger partial charge on any atom is -0.355 e. The zero-order valence-electron chi connectivity index (χ0n) is 6.93. The monoisotopic (exact) mass is 173 g/mol. The van der Waals surface area contributed by atoms with E-state index in [4.69, 9.17) is 0 Å². The van der Waals surface area contributed by atoms with Crippen molar-refractivity contribution in [3.63, 3.8) is 0 Å². The van der Waals surface area contributed by atoms with E-state index in [0.717, 1.165) is 6.54 Å². The minimum atomic E-state index is 0.0937. The highest BCUT2D eigenvalue weighted by molar-refractivity contribution is 7.99. The largest absolute Gasteiger partial charge is 0.355 e. The van der Waals surface area contributed by atoms with E-state index in [-0.39, 0.29) is 5.91 Å². The van der Waals surface area contributed by atoms with Gasteiger partial charge in [-0.05, 0) is 18.6 Å². The standard InChI is InChI=1S/C8H15NOS/c1-7(10)9-6-8-4-2-3-5-11-8/h8H,2-6H2,1H3,(H,9,10). The van der Waals surface area contributed by atoms with E-state index in [2.05, 4.69) is 5.32 Å². The molecule has 0 bridgehead atoms. The number of carbonyl (C=O) groups excluding carboxylic acids is 1. The van der Waals surface area contributed by atoms with Crippen molar-refractivity contribution in [3.8, 4) is 0 Å². The fourth-order valence-corrected chi connectivity index (χ4v) is 2.46. The summed E-state index contributed by atoms with van der Waals surface area (Å²) in [7, 11) is 0. The summed E-state index contributed by atoms with van der Waals surface area (Å²) in [6.07, 6.45) is 3.95. The van der Waals surface area contributed by atoms with Gasteiger partial charge in [0.05, 0.1) is 0 Å². The summed E-state index contributed by atoms with van der Waals surface area (Å²) >= 11 is 1.99. The number of nitrogens with one attached hydrogen (secondary N) is 1. The lowest BCUT2D eigenvalue weighted by molar-refractivity contribution is -0.118. The van der Waals surface area contributed by atoms with Crippen LogP contribution in [0.1, 0.15) is 26.2 Å². The second kappa shape index (κ2) is 4.65. The van der Waals surface area contributed by atoms with Crippen LogP contribution in [0, 0.1) is 0 Å². The first kappa shape index (κ1) is 8.91. The van der Waals surface area contributed by atoms with Crippen molar-refractivity contribution in [2.24, 2.45) is 0 Å². The topological polar surface area (TPSA) is 29.1 Å². The SMILES string of the molecule is CC(=O)NCC1CCCCS1. The molecule has 1 unspecified atom stereocenters. The summed E-state index contributed by atoms with van der Waals surface area (Å²) in [6.45, 7) is 2.44. The van der Waals surface area contributed by atoms with Crippen LogP contribution in [0.15, 0.2) is 0 Å². The fraction of sp³-hybridized carbons (Fsp3) is 0.875. The van der Waals surface area contributed by atoms with Crippen molar-refractivity contribution in [2.75, 3.05) is 12.3 Å². The van der Waals surface area contributed by atoms with Gasteiger partial charge in [0.1, 0.15) is 0 Å². The van der Waals surface area contributed by atoms with E-state index in [0.29, 0.717) is 5.25 Å². The molecule has 0 aromatic carbocycles. The van der Waals surface area contributed by atoms with E-state index in [1.165, 1.54) is 25.0 Å². The summed E-state index contributed by atoms with van der Waals surface area (Å²) in [4.78, 5) is 10.6. The van der Waals surface area contributed by atoms with Crippen molar-refractivity contribution in [1.82, 2.24) is 5.32 Å². The van der Waals surface area contributed by atoms with Gasteiger partial charge in [-0.15, -0.1) is 0 Å². The predicted molar refractivity (Wildman–Crippen MR) is 48.8 cm³/mol. The second-order valence-corrected chi connectivity index (χ2v) is 4.33. The van der Waals surface area contributed by atoms with Gasteiger partial charge in [-0.3, -0.25) is 4.79 Å². The number of hydrogen-bond acceptors (Lipinski definition) is 2. The Hall–Kier alpha value is -0.180. The predicted octanol–water partition coefficient (Wildman–Crippen LogP) is 1.41. The summed E-state index contributed by atoms with van der Waals surface area (Å²) in [6, 6.07) is 0. The molecule has 1 N–H and O–H groups in total. The molecule has 0 aromatic rings. The van der Waals surface area contributed by atoms with Crippen LogP contribution in [0.3, 0.4) is 0 Å². The maximum Gasteiger partial charge on any atom is 0.216 e. The maximum absolute atomic E-state index is 10.6. The first-order valence-corrected chi connectivity index (χ1v) is 5.20. The van der Waals surface area contributed by atoms with Crippen LogP contribution in [0.4, 0.5) is 0 Å². The Labute approximate surface area is 72.1 Å². The van der Waals surface area contributed by atoms with Crippen molar-refractivity contribution in [1.29, 1.82) is 0 Å². The summed E-state index contributed by atoms with van der Waals surface area (Å²) in [5.41, 5.74) is 0. The normalized spacial score (nSPS) is 24.6. The summed E-state index contributed by atoms with van der Waals surface area (Å²) in [5, 5.41) is 3.53. The molecule has 1 heterocycles. The van der Waals surface area contributed by atoms with Gasteiger partial charge in [-0.1, -0.05) is 6.42 Å². The summed E-state index contributed by atoms with van der Waals surface area (Å²) in [5.74, 6) is 1.36. The first-order valence-electron chi connectivity index (χ1n) is 4.15. The molecule has 1 saturated heterocycles. The van der Waals surface area contributed by atoms with Gasteiger partial charge in [0, 0.05) is 18.7 Å². The number of amides is 1. The van der Waals surface area contributed by atoms with E-state index in [1.807, 2.05) is 11.8 Å². The number of carbonyl (C=O) groups is 1. The Balaban J connectivity index is 2.09. The van der Waals surface area contributed by atoms with Crippen LogP contribution in [0.5, 0.6) is 0 Å². The average Bonchev–Trinajstić information content (AvgIpc) is 2.03. The van der Waals surface area contributed by atoms with Crippen LogP contribution in [-0.4, -0.2) is 23.5 Å². The molecule has 64 valence electrons. The van der Waals surface area contributed by atoms with Gasteiger partial charge in [-0.25, -0.2) is 0 Å². The molecule has 1 aliphatic heterocycles. The molecule has 0 saturated carbocycles.